The minimum absolute atomic E-state index is 0.195. The van der Waals surface area contributed by atoms with E-state index >= 15 is 0 Å². The van der Waals surface area contributed by atoms with Gasteiger partial charge in [0, 0.05) is 36.9 Å². The first-order valence-electron chi connectivity index (χ1n) is 11.6. The van der Waals surface area contributed by atoms with Gasteiger partial charge in [0.1, 0.15) is 5.82 Å². The molecule has 2 aliphatic rings. The topological polar surface area (TPSA) is 120 Å². The first-order valence-corrected chi connectivity index (χ1v) is 13.8. The number of sulfonamides is 1. The van der Waals surface area contributed by atoms with Crippen molar-refractivity contribution >= 4 is 44.7 Å². The summed E-state index contributed by atoms with van der Waals surface area (Å²) in [5.74, 6) is 0.479. The molecule has 1 amide bonds. The Morgan fingerprint density at radius 2 is 2.00 bits per heavy atom. The Morgan fingerprint density at radius 3 is 2.74 bits per heavy atom. The van der Waals surface area contributed by atoms with Crippen LogP contribution in [0.2, 0.25) is 5.02 Å². The Hall–Kier alpha value is -2.89. The number of aliphatic hydroxyl groups excluding tert-OH is 1. The van der Waals surface area contributed by atoms with E-state index in [2.05, 4.69) is 4.72 Å². The molecule has 12 heteroatoms. The Labute approximate surface area is 208 Å². The minimum atomic E-state index is -3.58. The zero-order chi connectivity index (χ0) is 24.7. The van der Waals surface area contributed by atoms with Crippen LogP contribution in [0.3, 0.4) is 0 Å². The van der Waals surface area contributed by atoms with Crippen molar-refractivity contribution in [3.8, 4) is 0 Å². The average Bonchev–Trinajstić information content (AvgIpc) is 3.44. The molecular weight excluding hydrogens is 492 g/mol. The molecule has 1 aromatic carbocycles. The van der Waals surface area contributed by atoms with Crippen molar-refractivity contribution in [2.45, 2.75) is 37.8 Å². The maximum atomic E-state index is 13.7. The highest BCUT2D eigenvalue weighted by Gasteiger charge is 2.32. The van der Waals surface area contributed by atoms with Gasteiger partial charge in [-0.25, -0.2) is 17.9 Å². The van der Waals surface area contributed by atoms with Crippen LogP contribution in [0.1, 0.15) is 47.8 Å². The molecule has 2 aliphatic heterocycles. The molecular formula is C23H27ClN6O4S. The van der Waals surface area contributed by atoms with Crippen molar-refractivity contribution in [2.24, 2.45) is 0 Å². The number of benzene rings is 1. The molecule has 0 radical (unpaired) electrons. The number of halogens is 1. The monoisotopic (exact) mass is 518 g/mol. The summed E-state index contributed by atoms with van der Waals surface area (Å²) in [5.41, 5.74) is 1.79. The van der Waals surface area contributed by atoms with E-state index in [1.807, 2.05) is 23.2 Å². The average molecular weight is 519 g/mol. The predicted octanol–water partition coefficient (Wildman–Crippen LogP) is 2.69. The standard InChI is InChI=1S/C23H27ClN6O4S/c1-35(33,34)27-18-6-5-15(24)12-17(18)23(32)29-9-3-2-4-20(29)19-13-22-25-21(8-11-30(22)26-19)28-10-7-16(31)14-28/h5-6,8,11-13,16,20,27,31H,2-4,7,9-10,14H2,1H3/t16-,20+/m1/s1. The third-order valence-corrected chi connectivity index (χ3v) is 7.25. The van der Waals surface area contributed by atoms with Gasteiger partial charge in [-0.2, -0.15) is 5.10 Å². The van der Waals surface area contributed by atoms with Gasteiger partial charge in [0.2, 0.25) is 10.0 Å². The molecule has 35 heavy (non-hydrogen) atoms. The Morgan fingerprint density at radius 1 is 1.17 bits per heavy atom. The second kappa shape index (κ2) is 9.29. The number of hydrogen-bond donors (Lipinski definition) is 2. The van der Waals surface area contributed by atoms with E-state index in [-0.39, 0.29) is 29.3 Å². The van der Waals surface area contributed by atoms with Crippen molar-refractivity contribution in [1.82, 2.24) is 19.5 Å². The second-order valence-electron chi connectivity index (χ2n) is 9.12. The first kappa shape index (κ1) is 23.8. The number of aromatic nitrogens is 3. The number of fused-ring (bicyclic) bond motifs is 1. The number of hydrogen-bond acceptors (Lipinski definition) is 7. The molecule has 3 aromatic rings. The van der Waals surface area contributed by atoms with Crippen molar-refractivity contribution in [3.05, 3.63) is 52.8 Å². The van der Waals surface area contributed by atoms with E-state index < -0.39 is 10.0 Å². The largest absolute Gasteiger partial charge is 0.391 e. The Balaban J connectivity index is 1.46. The first-order chi connectivity index (χ1) is 16.7. The van der Waals surface area contributed by atoms with Crippen LogP contribution in [-0.4, -0.2) is 70.9 Å². The quantitative estimate of drug-likeness (QED) is 0.532. The van der Waals surface area contributed by atoms with E-state index in [4.69, 9.17) is 21.7 Å². The van der Waals surface area contributed by atoms with E-state index in [0.717, 1.165) is 50.0 Å². The molecule has 0 aliphatic carbocycles. The lowest BCUT2D eigenvalue weighted by Gasteiger charge is -2.35. The molecule has 186 valence electrons. The Kier molecular flexibility index (Phi) is 6.32. The molecule has 10 nitrogen and oxygen atoms in total. The van der Waals surface area contributed by atoms with Gasteiger partial charge in [-0.15, -0.1) is 0 Å². The number of aliphatic hydroxyl groups is 1. The van der Waals surface area contributed by atoms with Crippen molar-refractivity contribution in [1.29, 1.82) is 0 Å². The van der Waals surface area contributed by atoms with Crippen LogP contribution < -0.4 is 9.62 Å². The number of nitrogens with zero attached hydrogens (tertiary/aromatic N) is 5. The number of piperidine rings is 1. The zero-order valence-corrected chi connectivity index (χ0v) is 20.8. The zero-order valence-electron chi connectivity index (χ0n) is 19.3. The smallest absolute Gasteiger partial charge is 0.256 e. The van der Waals surface area contributed by atoms with Crippen molar-refractivity contribution in [3.63, 3.8) is 0 Å². The summed E-state index contributed by atoms with van der Waals surface area (Å²) in [4.78, 5) is 22.2. The fraction of sp³-hybridized carbons (Fsp3) is 0.435. The van der Waals surface area contributed by atoms with E-state index in [1.54, 1.807) is 15.5 Å². The molecule has 2 aromatic heterocycles. The molecule has 0 unspecified atom stereocenters. The summed E-state index contributed by atoms with van der Waals surface area (Å²) in [6.07, 6.45) is 5.77. The van der Waals surface area contributed by atoms with Gasteiger partial charge >= 0.3 is 0 Å². The highest BCUT2D eigenvalue weighted by molar-refractivity contribution is 7.92. The number of amides is 1. The number of nitrogens with one attached hydrogen (secondary N) is 1. The normalized spacial score (nSPS) is 21.0. The second-order valence-corrected chi connectivity index (χ2v) is 11.3. The molecule has 0 bridgehead atoms. The van der Waals surface area contributed by atoms with E-state index in [9.17, 15) is 18.3 Å². The molecule has 5 rings (SSSR count). The highest BCUT2D eigenvalue weighted by Crippen LogP contribution is 2.34. The summed E-state index contributed by atoms with van der Waals surface area (Å²) < 4.78 is 27.8. The molecule has 0 spiro atoms. The summed E-state index contributed by atoms with van der Waals surface area (Å²) >= 11 is 6.16. The fourth-order valence-corrected chi connectivity index (χ4v) is 5.55. The van der Waals surface area contributed by atoms with Crippen LogP contribution in [0.5, 0.6) is 0 Å². The number of carbonyl (C=O) groups is 1. The molecule has 2 N–H and O–H groups in total. The van der Waals surface area contributed by atoms with E-state index in [1.165, 1.54) is 12.1 Å². The van der Waals surface area contributed by atoms with E-state index in [0.29, 0.717) is 23.8 Å². The maximum Gasteiger partial charge on any atom is 0.256 e. The third kappa shape index (κ3) is 5.07. The summed E-state index contributed by atoms with van der Waals surface area (Å²) in [6.45, 7) is 1.82. The van der Waals surface area contributed by atoms with Crippen LogP contribution in [-0.2, 0) is 10.0 Å². The summed E-state index contributed by atoms with van der Waals surface area (Å²) in [5, 5.41) is 14.9. The number of anilines is 2. The molecule has 2 atom stereocenters. The maximum absolute atomic E-state index is 13.7. The van der Waals surface area contributed by atoms with Crippen LogP contribution in [0, 0.1) is 0 Å². The van der Waals surface area contributed by atoms with Gasteiger partial charge in [-0.3, -0.25) is 9.52 Å². The number of likely N-dealkylation sites (tertiary alicyclic amines) is 1. The lowest BCUT2D eigenvalue weighted by Crippen LogP contribution is -2.39. The van der Waals surface area contributed by atoms with Gasteiger partial charge in [0.05, 0.1) is 35.3 Å². The highest BCUT2D eigenvalue weighted by atomic mass is 35.5. The van der Waals surface area contributed by atoms with Crippen molar-refractivity contribution in [2.75, 3.05) is 35.5 Å². The molecule has 2 fully saturated rings. The molecule has 2 saturated heterocycles. The number of rotatable bonds is 5. The lowest BCUT2D eigenvalue weighted by molar-refractivity contribution is 0.0607. The SMILES string of the molecule is CS(=O)(=O)Nc1ccc(Cl)cc1C(=O)N1CCCC[C@H]1c1cc2nc(N3CC[C@@H](O)C3)ccn2n1. The Bertz CT molecular complexity index is 1380. The molecule has 0 saturated carbocycles. The number of carbonyl (C=O) groups excluding carboxylic acids is 1. The predicted molar refractivity (Wildman–Crippen MR) is 133 cm³/mol. The van der Waals surface area contributed by atoms with Crippen LogP contribution in [0.4, 0.5) is 11.5 Å². The van der Waals surface area contributed by atoms with Gasteiger partial charge in [0.15, 0.2) is 5.65 Å². The lowest BCUT2D eigenvalue weighted by atomic mass is 9.98. The van der Waals surface area contributed by atoms with Gasteiger partial charge in [-0.1, -0.05) is 11.6 Å². The summed E-state index contributed by atoms with van der Waals surface area (Å²) in [7, 11) is -3.58. The van der Waals surface area contributed by atoms with Crippen LogP contribution in [0.15, 0.2) is 36.5 Å². The summed E-state index contributed by atoms with van der Waals surface area (Å²) in [6, 6.07) is 8.03. The van der Waals surface area contributed by atoms with Crippen LogP contribution >= 0.6 is 11.6 Å². The third-order valence-electron chi connectivity index (χ3n) is 6.43. The fourth-order valence-electron chi connectivity index (χ4n) is 4.80. The number of β-amino-alcohol motifs (C(OH)–C–C–N with tert-alkyl or cyclic N) is 1. The van der Waals surface area contributed by atoms with Crippen molar-refractivity contribution < 1.29 is 18.3 Å². The van der Waals surface area contributed by atoms with Crippen LogP contribution in [0.25, 0.3) is 5.65 Å². The minimum Gasteiger partial charge on any atom is -0.391 e. The molecule has 4 heterocycles. The van der Waals surface area contributed by atoms with Gasteiger partial charge < -0.3 is 14.9 Å². The van der Waals surface area contributed by atoms with Gasteiger partial charge in [-0.05, 0) is 49.9 Å². The van der Waals surface area contributed by atoms with Gasteiger partial charge in [0.25, 0.3) is 5.91 Å².